The fourth-order valence-electron chi connectivity index (χ4n) is 3.27. The number of hydrogen-bond acceptors (Lipinski definition) is 3. The van der Waals surface area contributed by atoms with Crippen molar-refractivity contribution in [3.05, 3.63) is 35.6 Å². The summed E-state index contributed by atoms with van der Waals surface area (Å²) in [5, 5.41) is 0. The zero-order valence-corrected chi connectivity index (χ0v) is 15.9. The quantitative estimate of drug-likeness (QED) is 0.789. The number of nitrogens with zero attached hydrogens (tertiary/aromatic N) is 2. The van der Waals surface area contributed by atoms with Crippen molar-refractivity contribution in [2.75, 3.05) is 26.2 Å². The van der Waals surface area contributed by atoms with Crippen LogP contribution >= 0.6 is 0 Å². The van der Waals surface area contributed by atoms with Gasteiger partial charge in [0.1, 0.15) is 12.4 Å². The van der Waals surface area contributed by atoms with Crippen LogP contribution in [0.1, 0.15) is 39.7 Å². The third-order valence-corrected chi connectivity index (χ3v) is 4.71. The third kappa shape index (κ3) is 6.08. The standard InChI is InChI=1S/C20H31FN2O2/c1-15(2)19-13-23(20(24)14-25-16(3)4)11-5-10-22(19)12-17-6-8-18(21)9-7-17/h6-9,15-16,19H,5,10-14H2,1-4H3. The number of carbonyl (C=O) groups is 1. The molecule has 0 N–H and O–H groups in total. The molecule has 0 saturated carbocycles. The Bertz CT molecular complexity index is 545. The zero-order valence-electron chi connectivity index (χ0n) is 15.9. The molecule has 140 valence electrons. The molecule has 25 heavy (non-hydrogen) atoms. The predicted molar refractivity (Wildman–Crippen MR) is 97.7 cm³/mol. The highest BCUT2D eigenvalue weighted by atomic mass is 19.1. The second-order valence-electron chi connectivity index (χ2n) is 7.46. The number of hydrogen-bond donors (Lipinski definition) is 0. The lowest BCUT2D eigenvalue weighted by molar-refractivity contribution is -0.138. The average Bonchev–Trinajstić information content (AvgIpc) is 2.77. The van der Waals surface area contributed by atoms with Gasteiger partial charge >= 0.3 is 0 Å². The third-order valence-electron chi connectivity index (χ3n) is 4.71. The van der Waals surface area contributed by atoms with Crippen molar-refractivity contribution >= 4 is 5.91 Å². The summed E-state index contributed by atoms with van der Waals surface area (Å²) >= 11 is 0. The maximum atomic E-state index is 13.1. The van der Waals surface area contributed by atoms with Gasteiger partial charge in [-0.05, 0) is 43.9 Å². The van der Waals surface area contributed by atoms with Crippen molar-refractivity contribution in [2.24, 2.45) is 5.92 Å². The Balaban J connectivity index is 2.04. The van der Waals surface area contributed by atoms with Crippen LogP contribution in [-0.4, -0.2) is 54.1 Å². The van der Waals surface area contributed by atoms with Crippen LogP contribution in [-0.2, 0) is 16.1 Å². The van der Waals surface area contributed by atoms with E-state index >= 15 is 0 Å². The maximum Gasteiger partial charge on any atom is 0.248 e. The Morgan fingerprint density at radius 2 is 1.88 bits per heavy atom. The van der Waals surface area contributed by atoms with Crippen molar-refractivity contribution in [3.63, 3.8) is 0 Å². The van der Waals surface area contributed by atoms with Crippen LogP contribution < -0.4 is 0 Å². The molecule has 1 amide bonds. The van der Waals surface area contributed by atoms with Gasteiger partial charge < -0.3 is 9.64 Å². The van der Waals surface area contributed by atoms with Crippen molar-refractivity contribution in [1.82, 2.24) is 9.80 Å². The van der Waals surface area contributed by atoms with Crippen LogP contribution in [0, 0.1) is 11.7 Å². The van der Waals surface area contributed by atoms with Crippen LogP contribution in [0.4, 0.5) is 4.39 Å². The molecule has 0 aromatic heterocycles. The highest BCUT2D eigenvalue weighted by molar-refractivity contribution is 5.77. The van der Waals surface area contributed by atoms with Crippen LogP contribution in [0.25, 0.3) is 0 Å². The molecule has 1 aliphatic heterocycles. The predicted octanol–water partition coefficient (Wildman–Crippen LogP) is 3.31. The Morgan fingerprint density at radius 3 is 2.48 bits per heavy atom. The molecular formula is C20H31FN2O2. The second-order valence-corrected chi connectivity index (χ2v) is 7.46. The maximum absolute atomic E-state index is 13.1. The Hall–Kier alpha value is -1.46. The lowest BCUT2D eigenvalue weighted by Crippen LogP contribution is -2.46. The molecular weight excluding hydrogens is 319 g/mol. The summed E-state index contributed by atoms with van der Waals surface area (Å²) in [5.41, 5.74) is 1.11. The van der Waals surface area contributed by atoms with Gasteiger partial charge in [-0.15, -0.1) is 0 Å². The Labute approximate surface area is 150 Å². The summed E-state index contributed by atoms with van der Waals surface area (Å²) in [6.07, 6.45) is 1.00. The molecule has 1 aliphatic rings. The number of benzene rings is 1. The monoisotopic (exact) mass is 350 g/mol. The molecule has 0 radical (unpaired) electrons. The fraction of sp³-hybridized carbons (Fsp3) is 0.650. The number of rotatable bonds is 6. The van der Waals surface area contributed by atoms with Crippen LogP contribution in [0.15, 0.2) is 24.3 Å². The lowest BCUT2D eigenvalue weighted by atomic mass is 10.0. The molecule has 0 bridgehead atoms. The molecule has 1 aromatic carbocycles. The van der Waals surface area contributed by atoms with E-state index in [2.05, 4.69) is 18.7 Å². The summed E-state index contributed by atoms with van der Waals surface area (Å²) < 4.78 is 18.6. The Kier molecular flexibility index (Phi) is 7.38. The number of halogens is 1. The van der Waals surface area contributed by atoms with E-state index in [1.54, 1.807) is 0 Å². The van der Waals surface area contributed by atoms with E-state index in [-0.39, 0.29) is 30.5 Å². The topological polar surface area (TPSA) is 32.8 Å². The number of ether oxygens (including phenoxy) is 1. The van der Waals surface area contributed by atoms with Gasteiger partial charge in [0.05, 0.1) is 6.10 Å². The van der Waals surface area contributed by atoms with Crippen molar-refractivity contribution in [3.8, 4) is 0 Å². The highest BCUT2D eigenvalue weighted by Crippen LogP contribution is 2.20. The molecule has 4 nitrogen and oxygen atoms in total. The van der Waals surface area contributed by atoms with Crippen LogP contribution in [0.3, 0.4) is 0 Å². The molecule has 0 spiro atoms. The lowest BCUT2D eigenvalue weighted by Gasteiger charge is -2.34. The summed E-state index contributed by atoms with van der Waals surface area (Å²) in [7, 11) is 0. The SMILES string of the molecule is CC(C)OCC(=O)N1CCCN(Cc2ccc(F)cc2)C(C(C)C)C1. The highest BCUT2D eigenvalue weighted by Gasteiger charge is 2.29. The summed E-state index contributed by atoms with van der Waals surface area (Å²) in [4.78, 5) is 16.8. The van der Waals surface area contributed by atoms with E-state index in [0.717, 1.165) is 38.2 Å². The summed E-state index contributed by atoms with van der Waals surface area (Å²) in [6.45, 7) is 11.6. The number of carbonyl (C=O) groups excluding carboxylic acids is 1. The molecule has 0 aliphatic carbocycles. The number of amides is 1. The van der Waals surface area contributed by atoms with E-state index in [1.165, 1.54) is 12.1 Å². The minimum Gasteiger partial charge on any atom is -0.369 e. The van der Waals surface area contributed by atoms with Crippen molar-refractivity contribution in [1.29, 1.82) is 0 Å². The first kappa shape index (κ1) is 19.9. The second kappa shape index (κ2) is 9.30. The largest absolute Gasteiger partial charge is 0.369 e. The summed E-state index contributed by atoms with van der Waals surface area (Å²) in [6, 6.07) is 7.00. The minimum absolute atomic E-state index is 0.0619. The van der Waals surface area contributed by atoms with Crippen molar-refractivity contribution < 1.29 is 13.9 Å². The first-order valence-corrected chi connectivity index (χ1v) is 9.24. The summed E-state index contributed by atoms with van der Waals surface area (Å²) in [5.74, 6) is 0.296. The van der Waals surface area contributed by atoms with Gasteiger partial charge in [-0.3, -0.25) is 9.69 Å². The fourth-order valence-corrected chi connectivity index (χ4v) is 3.27. The molecule has 1 atom stereocenters. The van der Waals surface area contributed by atoms with E-state index in [4.69, 9.17) is 4.74 Å². The van der Waals surface area contributed by atoms with Gasteiger partial charge in [-0.2, -0.15) is 0 Å². The molecule has 1 aromatic rings. The van der Waals surface area contributed by atoms with Gasteiger partial charge in [0.25, 0.3) is 0 Å². The van der Waals surface area contributed by atoms with E-state index < -0.39 is 0 Å². The molecule has 1 unspecified atom stereocenters. The van der Waals surface area contributed by atoms with Gasteiger partial charge in [-0.25, -0.2) is 4.39 Å². The van der Waals surface area contributed by atoms with E-state index in [1.807, 2.05) is 30.9 Å². The first-order chi connectivity index (χ1) is 11.9. The molecule has 1 saturated heterocycles. The minimum atomic E-state index is -0.207. The molecule has 2 rings (SSSR count). The van der Waals surface area contributed by atoms with Gasteiger partial charge in [0.2, 0.25) is 5.91 Å². The molecule has 5 heteroatoms. The smallest absolute Gasteiger partial charge is 0.248 e. The first-order valence-electron chi connectivity index (χ1n) is 9.24. The van der Waals surface area contributed by atoms with Crippen molar-refractivity contribution in [2.45, 2.75) is 52.8 Å². The van der Waals surface area contributed by atoms with E-state index in [9.17, 15) is 9.18 Å². The normalized spacial score (nSPS) is 19.5. The zero-order chi connectivity index (χ0) is 18.4. The Morgan fingerprint density at radius 1 is 1.20 bits per heavy atom. The average molecular weight is 350 g/mol. The van der Waals surface area contributed by atoms with Gasteiger partial charge in [0.15, 0.2) is 0 Å². The van der Waals surface area contributed by atoms with E-state index in [0.29, 0.717) is 5.92 Å². The van der Waals surface area contributed by atoms with Crippen LogP contribution in [0.5, 0.6) is 0 Å². The molecule has 1 fully saturated rings. The van der Waals surface area contributed by atoms with Crippen LogP contribution in [0.2, 0.25) is 0 Å². The van der Waals surface area contributed by atoms with Gasteiger partial charge in [0, 0.05) is 32.2 Å². The van der Waals surface area contributed by atoms with Gasteiger partial charge in [-0.1, -0.05) is 26.0 Å². The molecule has 1 heterocycles.